The fourth-order valence-corrected chi connectivity index (χ4v) is 6.61. The Kier molecular flexibility index (Phi) is 8.90. The molecule has 5 heterocycles. The van der Waals surface area contributed by atoms with Crippen LogP contribution in [-0.4, -0.2) is 89.1 Å². The minimum atomic E-state index is -3.78. The third-order valence-corrected chi connectivity index (χ3v) is 9.40. The van der Waals surface area contributed by atoms with E-state index in [0.29, 0.717) is 70.8 Å². The maximum Gasteiger partial charge on any atom is 0.398 e. The molecule has 46 heavy (non-hydrogen) atoms. The number of anilines is 3. The Morgan fingerprint density at radius 3 is 2.54 bits per heavy atom. The van der Waals surface area contributed by atoms with Crippen molar-refractivity contribution >= 4 is 50.9 Å². The fourth-order valence-electron chi connectivity index (χ4n) is 5.76. The van der Waals surface area contributed by atoms with Crippen LogP contribution in [0.3, 0.4) is 0 Å². The smallest absolute Gasteiger partial charge is 0.398 e. The molecule has 4 aromatic rings. The summed E-state index contributed by atoms with van der Waals surface area (Å²) in [4.78, 5) is 19.9. The maximum absolute atomic E-state index is 13.3. The molecule has 0 unspecified atom stereocenters. The van der Waals surface area contributed by atoms with Gasteiger partial charge in [0.2, 0.25) is 15.9 Å². The van der Waals surface area contributed by atoms with Gasteiger partial charge in [0.1, 0.15) is 35.4 Å². The van der Waals surface area contributed by atoms with Crippen LogP contribution in [-0.2, 0) is 28.4 Å². The fraction of sp³-hybridized carbons (Fsp3) is 0.433. The maximum atomic E-state index is 13.3. The van der Waals surface area contributed by atoms with Crippen molar-refractivity contribution in [1.82, 2.24) is 24.5 Å². The number of hydrogen-bond donors (Lipinski definition) is 1. The molecule has 2 fully saturated rings. The molecule has 6 rings (SSSR count). The lowest BCUT2D eigenvalue weighted by atomic mass is 9.93. The van der Waals surface area contributed by atoms with Gasteiger partial charge in [-0.15, -0.1) is 0 Å². The number of imidazole rings is 1. The second-order valence-corrected chi connectivity index (χ2v) is 13.4. The normalized spacial score (nSPS) is 18.8. The van der Waals surface area contributed by atoms with Crippen molar-refractivity contribution in [3.63, 3.8) is 0 Å². The molecular formula is C30H36FN9O5S. The standard InChI is InChI=1S/C30H36FN9O5S/c1-37-23(18-34-30(37)38(2)41)19-40(46(3,42)43)22-14-25-26(32-17-22)15-28(39-10-12-44-13-11-39)36-29(25)45-24-7-5-21(6-8-24)35-27-9-4-20(31)16-33-27/h4,9,14-18,21,24H,2,5-8,10-13,19H2,1,3H3,(H,33,35). The van der Waals surface area contributed by atoms with Crippen molar-refractivity contribution in [1.29, 1.82) is 0 Å². The quantitative estimate of drug-likeness (QED) is 0.116. The molecule has 0 bridgehead atoms. The van der Waals surface area contributed by atoms with Gasteiger partial charge in [-0.2, -0.15) is 4.98 Å². The van der Waals surface area contributed by atoms with E-state index in [1.165, 1.54) is 33.5 Å². The highest BCUT2D eigenvalue weighted by Gasteiger charge is 2.27. The molecule has 0 radical (unpaired) electrons. The van der Waals surface area contributed by atoms with E-state index in [1.807, 2.05) is 6.07 Å². The zero-order chi connectivity index (χ0) is 32.4. The monoisotopic (exact) mass is 653 g/mol. The minimum absolute atomic E-state index is 0.0504. The largest absolute Gasteiger partial charge is 0.741 e. The number of hydrogen-bond acceptors (Lipinski definition) is 11. The molecule has 0 aromatic carbocycles. The Morgan fingerprint density at radius 1 is 1.13 bits per heavy atom. The lowest BCUT2D eigenvalue weighted by Gasteiger charge is -2.31. The molecule has 2 aliphatic rings. The highest BCUT2D eigenvalue weighted by molar-refractivity contribution is 7.92. The average molecular weight is 654 g/mol. The Labute approximate surface area is 266 Å². The molecular weight excluding hydrogens is 617 g/mol. The van der Waals surface area contributed by atoms with Gasteiger partial charge in [-0.3, -0.25) is 14.0 Å². The summed E-state index contributed by atoms with van der Waals surface area (Å²) < 4.78 is 54.6. The number of sulfonamides is 1. The lowest BCUT2D eigenvalue weighted by molar-refractivity contribution is -0.362. The van der Waals surface area contributed by atoms with E-state index in [2.05, 4.69) is 31.9 Å². The zero-order valence-electron chi connectivity index (χ0n) is 25.7. The van der Waals surface area contributed by atoms with Crippen LogP contribution in [0.15, 0.2) is 42.9 Å². The van der Waals surface area contributed by atoms with Gasteiger partial charge in [0, 0.05) is 31.9 Å². The van der Waals surface area contributed by atoms with Crippen molar-refractivity contribution < 1.29 is 27.0 Å². The lowest BCUT2D eigenvalue weighted by Crippen LogP contribution is -2.37. The Balaban J connectivity index is 1.29. The van der Waals surface area contributed by atoms with E-state index in [1.54, 1.807) is 19.2 Å². The van der Waals surface area contributed by atoms with Gasteiger partial charge in [0.05, 0.1) is 62.0 Å². The van der Waals surface area contributed by atoms with E-state index in [4.69, 9.17) is 14.5 Å². The van der Waals surface area contributed by atoms with Crippen LogP contribution in [0.4, 0.5) is 27.7 Å². The second-order valence-electron chi connectivity index (χ2n) is 11.5. The summed E-state index contributed by atoms with van der Waals surface area (Å²) in [5, 5.41) is 15.7. The summed E-state index contributed by atoms with van der Waals surface area (Å²) in [6, 6.07) is 6.78. The highest BCUT2D eigenvalue weighted by Crippen LogP contribution is 2.34. The molecule has 1 N–H and O–H groups in total. The third kappa shape index (κ3) is 6.97. The molecule has 0 atom stereocenters. The average Bonchev–Trinajstić information content (AvgIpc) is 3.41. The topological polar surface area (TPSA) is 154 Å². The summed E-state index contributed by atoms with van der Waals surface area (Å²) in [6.45, 7) is 5.76. The van der Waals surface area contributed by atoms with Gasteiger partial charge in [-0.25, -0.2) is 22.4 Å². The van der Waals surface area contributed by atoms with E-state index < -0.39 is 10.0 Å². The van der Waals surface area contributed by atoms with Crippen LogP contribution in [0.25, 0.3) is 10.9 Å². The molecule has 14 nitrogen and oxygen atoms in total. The first kappa shape index (κ1) is 31.4. The van der Waals surface area contributed by atoms with Crippen molar-refractivity contribution in [2.75, 3.05) is 47.1 Å². The Bertz CT molecular complexity index is 1820. The molecule has 1 saturated carbocycles. The number of rotatable bonds is 10. The van der Waals surface area contributed by atoms with E-state index in [9.17, 15) is 18.0 Å². The molecule has 0 amide bonds. The number of nitrogens with zero attached hydrogens (tertiary/aromatic N) is 8. The summed E-state index contributed by atoms with van der Waals surface area (Å²) in [6.07, 6.45) is 8.26. The first-order chi connectivity index (χ1) is 22.0. The third-order valence-electron chi connectivity index (χ3n) is 8.26. The van der Waals surface area contributed by atoms with E-state index in [0.717, 1.165) is 31.9 Å². The first-order valence-corrected chi connectivity index (χ1v) is 16.8. The number of pyridine rings is 3. The predicted octanol–water partition coefficient (Wildman–Crippen LogP) is 3.34. The summed E-state index contributed by atoms with van der Waals surface area (Å²) in [7, 11) is -2.16. The minimum Gasteiger partial charge on any atom is -0.741 e. The summed E-state index contributed by atoms with van der Waals surface area (Å²) in [5.74, 6) is 1.38. The molecule has 1 aliphatic heterocycles. The van der Waals surface area contributed by atoms with Gasteiger partial charge in [0.15, 0.2) is 0 Å². The number of morpholine rings is 1. The van der Waals surface area contributed by atoms with Crippen molar-refractivity contribution in [2.45, 2.75) is 44.4 Å². The highest BCUT2D eigenvalue weighted by atomic mass is 32.2. The van der Waals surface area contributed by atoms with Gasteiger partial charge < -0.3 is 24.9 Å². The number of nitrogens with one attached hydrogen (secondary N) is 1. The summed E-state index contributed by atoms with van der Waals surface area (Å²) >= 11 is 0. The van der Waals surface area contributed by atoms with Crippen LogP contribution >= 0.6 is 0 Å². The molecule has 244 valence electrons. The van der Waals surface area contributed by atoms with Crippen LogP contribution in [0.5, 0.6) is 5.88 Å². The van der Waals surface area contributed by atoms with Crippen LogP contribution in [0.1, 0.15) is 31.4 Å². The zero-order valence-corrected chi connectivity index (χ0v) is 26.5. The molecule has 1 aliphatic carbocycles. The van der Waals surface area contributed by atoms with Gasteiger partial charge in [0.25, 0.3) is 0 Å². The predicted molar refractivity (Wildman–Crippen MR) is 172 cm³/mol. The van der Waals surface area contributed by atoms with Crippen LogP contribution in [0.2, 0.25) is 0 Å². The van der Waals surface area contributed by atoms with E-state index >= 15 is 0 Å². The number of fused-ring (bicyclic) bond motifs is 1. The second kappa shape index (κ2) is 13.0. The number of halogens is 1. The first-order valence-electron chi connectivity index (χ1n) is 15.0. The van der Waals surface area contributed by atoms with Gasteiger partial charge in [-0.05, 0) is 43.9 Å². The van der Waals surface area contributed by atoms with Gasteiger partial charge in [-0.1, -0.05) is 4.98 Å². The van der Waals surface area contributed by atoms with Crippen molar-refractivity contribution in [2.24, 2.45) is 7.05 Å². The van der Waals surface area contributed by atoms with Crippen LogP contribution in [0, 0.1) is 11.0 Å². The van der Waals surface area contributed by atoms with Crippen molar-refractivity contribution in [3.05, 3.63) is 59.6 Å². The van der Waals surface area contributed by atoms with E-state index in [-0.39, 0.29) is 30.5 Å². The molecule has 16 heteroatoms. The summed E-state index contributed by atoms with van der Waals surface area (Å²) in [5.41, 5.74) is 1.42. The molecule has 1 saturated heterocycles. The SMILES string of the molecule is C=[N+]([O-])c1ncc(CN(c2cnc3cc(N4CCOCC4)nc(OC4CCC(Nc5ccc(F)cn5)CC4)c3c2)S(C)(=O)=O)n1C. The number of aromatic nitrogens is 5. The Morgan fingerprint density at radius 2 is 1.89 bits per heavy atom. The molecule has 4 aromatic heterocycles. The van der Waals surface area contributed by atoms with Crippen molar-refractivity contribution in [3.8, 4) is 5.88 Å². The number of ether oxygens (including phenoxy) is 2. The molecule has 0 spiro atoms. The van der Waals surface area contributed by atoms with Gasteiger partial charge >= 0.3 is 5.95 Å². The Hall–Kier alpha value is -4.57. The van der Waals surface area contributed by atoms with Crippen LogP contribution < -0.4 is 19.3 Å².